The first-order chi connectivity index (χ1) is 9.31. The normalized spacial score (nSPS) is 49.7. The van der Waals surface area contributed by atoms with E-state index >= 15 is 0 Å². The summed E-state index contributed by atoms with van der Waals surface area (Å²) in [6.45, 7) is 4.16. The van der Waals surface area contributed by atoms with Crippen LogP contribution in [0.4, 0.5) is 0 Å². The van der Waals surface area contributed by atoms with Crippen LogP contribution in [0.15, 0.2) is 0 Å². The molecule has 4 rings (SSSR count). The van der Waals surface area contributed by atoms with Crippen LogP contribution in [0.2, 0.25) is 0 Å². The van der Waals surface area contributed by atoms with Crippen molar-refractivity contribution in [2.45, 2.75) is 44.2 Å². The van der Waals surface area contributed by atoms with Crippen LogP contribution in [0.1, 0.15) is 32.1 Å². The fourth-order valence-electron chi connectivity index (χ4n) is 5.58. The van der Waals surface area contributed by atoms with E-state index in [0.717, 1.165) is 56.0 Å². The molecule has 4 fully saturated rings. The van der Waals surface area contributed by atoms with E-state index in [9.17, 15) is 0 Å². The van der Waals surface area contributed by atoms with Crippen molar-refractivity contribution < 1.29 is 4.74 Å². The van der Waals surface area contributed by atoms with Gasteiger partial charge in [-0.3, -0.25) is 0 Å². The number of likely N-dealkylation sites (N-methyl/N-ethyl adjacent to an activating group) is 1. The van der Waals surface area contributed by atoms with Gasteiger partial charge in [0.25, 0.3) is 0 Å². The second-order valence-electron chi connectivity index (χ2n) is 7.42. The van der Waals surface area contributed by atoms with Gasteiger partial charge in [0.2, 0.25) is 0 Å². The summed E-state index contributed by atoms with van der Waals surface area (Å²) in [7, 11) is 2.20. The standard InChI is InChI=1S/C16H28N2O/c1-18-5-6-19-12(10-18)9-17-16-8-11-7-15(16)14-4-2-3-13(11)14/h11-17H,2-10H2,1H3. The van der Waals surface area contributed by atoms with Gasteiger partial charge in [0, 0.05) is 25.7 Å². The molecule has 6 unspecified atom stereocenters. The number of nitrogens with one attached hydrogen (secondary N) is 1. The molecule has 0 spiro atoms. The minimum atomic E-state index is 0.414. The van der Waals surface area contributed by atoms with Crippen molar-refractivity contribution >= 4 is 0 Å². The zero-order valence-corrected chi connectivity index (χ0v) is 12.2. The van der Waals surface area contributed by atoms with Gasteiger partial charge in [-0.25, -0.2) is 0 Å². The van der Waals surface area contributed by atoms with E-state index in [2.05, 4.69) is 17.3 Å². The predicted octanol–water partition coefficient (Wildman–Crippen LogP) is 1.73. The van der Waals surface area contributed by atoms with Crippen molar-refractivity contribution in [1.29, 1.82) is 0 Å². The smallest absolute Gasteiger partial charge is 0.0826 e. The number of nitrogens with zero attached hydrogens (tertiary/aromatic N) is 1. The third kappa shape index (κ3) is 2.24. The number of rotatable bonds is 3. The number of hydrogen-bond donors (Lipinski definition) is 1. The van der Waals surface area contributed by atoms with Crippen molar-refractivity contribution in [3.8, 4) is 0 Å². The largest absolute Gasteiger partial charge is 0.374 e. The molecule has 19 heavy (non-hydrogen) atoms. The number of fused-ring (bicyclic) bond motifs is 5. The van der Waals surface area contributed by atoms with Gasteiger partial charge in [-0.2, -0.15) is 0 Å². The molecule has 1 N–H and O–H groups in total. The fraction of sp³-hybridized carbons (Fsp3) is 1.00. The highest BCUT2D eigenvalue weighted by molar-refractivity contribution is 5.05. The van der Waals surface area contributed by atoms with Crippen LogP contribution < -0.4 is 5.32 Å². The molecule has 1 heterocycles. The van der Waals surface area contributed by atoms with Crippen LogP contribution in [0.3, 0.4) is 0 Å². The molecule has 1 aliphatic heterocycles. The zero-order valence-electron chi connectivity index (χ0n) is 12.2. The highest BCUT2D eigenvalue weighted by Gasteiger charge is 2.53. The van der Waals surface area contributed by atoms with E-state index in [4.69, 9.17) is 4.74 Å². The molecule has 2 bridgehead atoms. The summed E-state index contributed by atoms with van der Waals surface area (Å²) in [6.07, 6.45) is 7.96. The maximum Gasteiger partial charge on any atom is 0.0826 e. The molecule has 3 nitrogen and oxygen atoms in total. The van der Waals surface area contributed by atoms with Crippen molar-refractivity contribution in [2.24, 2.45) is 23.7 Å². The Morgan fingerprint density at radius 1 is 1.16 bits per heavy atom. The summed E-state index contributed by atoms with van der Waals surface area (Å²) in [5.41, 5.74) is 0. The zero-order chi connectivity index (χ0) is 12.8. The van der Waals surface area contributed by atoms with Crippen molar-refractivity contribution in [3.63, 3.8) is 0 Å². The summed E-state index contributed by atoms with van der Waals surface area (Å²) in [5.74, 6) is 4.25. The lowest BCUT2D eigenvalue weighted by Crippen LogP contribution is -2.48. The third-order valence-corrected chi connectivity index (χ3v) is 6.38. The van der Waals surface area contributed by atoms with E-state index in [-0.39, 0.29) is 0 Å². The summed E-state index contributed by atoms with van der Waals surface area (Å²) < 4.78 is 5.87. The lowest BCUT2D eigenvalue weighted by Gasteiger charge is -2.35. The molecule has 0 aromatic rings. The average Bonchev–Trinajstić information content (AvgIpc) is 3.08. The SMILES string of the molecule is CN1CCOC(CNC2CC3CC2C2CCCC32)C1. The van der Waals surface area contributed by atoms with E-state index in [1.165, 1.54) is 32.1 Å². The summed E-state index contributed by atoms with van der Waals surface area (Å²) in [4.78, 5) is 2.39. The monoisotopic (exact) mass is 264 g/mol. The van der Waals surface area contributed by atoms with Crippen LogP contribution in [-0.4, -0.2) is 50.3 Å². The van der Waals surface area contributed by atoms with E-state index < -0.39 is 0 Å². The van der Waals surface area contributed by atoms with Crippen molar-refractivity contribution in [1.82, 2.24) is 10.2 Å². The molecule has 6 atom stereocenters. The maximum absolute atomic E-state index is 5.87. The van der Waals surface area contributed by atoms with E-state index in [1.807, 2.05) is 0 Å². The second-order valence-corrected chi connectivity index (χ2v) is 7.42. The Labute approximate surface area is 117 Å². The lowest BCUT2D eigenvalue weighted by molar-refractivity contribution is -0.0206. The molecular weight excluding hydrogens is 236 g/mol. The highest BCUT2D eigenvalue weighted by Crippen LogP contribution is 2.58. The van der Waals surface area contributed by atoms with Crippen LogP contribution in [0, 0.1) is 23.7 Å². The average molecular weight is 264 g/mol. The van der Waals surface area contributed by atoms with Gasteiger partial charge >= 0.3 is 0 Å². The Kier molecular flexibility index (Phi) is 3.33. The van der Waals surface area contributed by atoms with Gasteiger partial charge in [0.1, 0.15) is 0 Å². The first-order valence-corrected chi connectivity index (χ1v) is 8.35. The quantitative estimate of drug-likeness (QED) is 0.840. The van der Waals surface area contributed by atoms with Gasteiger partial charge < -0.3 is 15.0 Å². The molecule has 0 amide bonds. The van der Waals surface area contributed by atoms with Gasteiger partial charge in [-0.05, 0) is 56.4 Å². The van der Waals surface area contributed by atoms with Gasteiger partial charge in [0.15, 0.2) is 0 Å². The number of morpholine rings is 1. The fourth-order valence-corrected chi connectivity index (χ4v) is 5.58. The van der Waals surface area contributed by atoms with Crippen molar-refractivity contribution in [2.75, 3.05) is 33.3 Å². The van der Waals surface area contributed by atoms with E-state index in [0.29, 0.717) is 6.10 Å². The molecule has 1 saturated heterocycles. The summed E-state index contributed by atoms with van der Waals surface area (Å²) in [5, 5.41) is 3.86. The van der Waals surface area contributed by atoms with Gasteiger partial charge in [0.05, 0.1) is 12.7 Å². The molecule has 0 radical (unpaired) electrons. The Hall–Kier alpha value is -0.120. The number of hydrogen-bond acceptors (Lipinski definition) is 3. The molecule has 3 aliphatic carbocycles. The first kappa shape index (κ1) is 12.6. The van der Waals surface area contributed by atoms with Crippen LogP contribution in [0.25, 0.3) is 0 Å². The third-order valence-electron chi connectivity index (χ3n) is 6.38. The molecule has 0 aromatic carbocycles. The molecule has 0 aromatic heterocycles. The Morgan fingerprint density at radius 2 is 2.05 bits per heavy atom. The van der Waals surface area contributed by atoms with Gasteiger partial charge in [-0.1, -0.05) is 6.42 Å². The van der Waals surface area contributed by atoms with Crippen LogP contribution >= 0.6 is 0 Å². The molecule has 4 aliphatic rings. The first-order valence-electron chi connectivity index (χ1n) is 8.35. The van der Waals surface area contributed by atoms with Crippen molar-refractivity contribution in [3.05, 3.63) is 0 Å². The minimum Gasteiger partial charge on any atom is -0.374 e. The Bertz CT molecular complexity index is 335. The predicted molar refractivity (Wildman–Crippen MR) is 76.1 cm³/mol. The molecular formula is C16H28N2O. The van der Waals surface area contributed by atoms with Crippen LogP contribution in [-0.2, 0) is 4.74 Å². The number of ether oxygens (including phenoxy) is 1. The summed E-state index contributed by atoms with van der Waals surface area (Å²) in [6, 6.07) is 0.806. The summed E-state index contributed by atoms with van der Waals surface area (Å²) >= 11 is 0. The topological polar surface area (TPSA) is 24.5 Å². The minimum absolute atomic E-state index is 0.414. The molecule has 108 valence electrons. The second kappa shape index (κ2) is 5.01. The highest BCUT2D eigenvalue weighted by atomic mass is 16.5. The Balaban J connectivity index is 1.30. The van der Waals surface area contributed by atoms with Crippen LogP contribution in [0.5, 0.6) is 0 Å². The Morgan fingerprint density at radius 3 is 2.95 bits per heavy atom. The van der Waals surface area contributed by atoms with Gasteiger partial charge in [-0.15, -0.1) is 0 Å². The molecule has 3 saturated carbocycles. The van der Waals surface area contributed by atoms with E-state index in [1.54, 1.807) is 0 Å². The molecule has 3 heteroatoms. The maximum atomic E-state index is 5.87. The lowest BCUT2D eigenvalue weighted by atomic mass is 9.79.